The van der Waals surface area contributed by atoms with Crippen LogP contribution < -0.4 is 13.9 Å². The van der Waals surface area contributed by atoms with Crippen molar-refractivity contribution in [3.05, 3.63) is 144 Å². The molecule has 0 radical (unpaired) electrons. The molecule has 1 spiro atoms. The Labute approximate surface area is 284 Å². The van der Waals surface area contributed by atoms with Crippen molar-refractivity contribution < 1.29 is 13.9 Å². The van der Waals surface area contributed by atoms with Gasteiger partial charge in [0.05, 0.1) is 22.6 Å². The molecule has 7 nitrogen and oxygen atoms in total. The number of hydrogen-bond acceptors (Lipinski definition) is 3. The Morgan fingerprint density at radius 1 is 0.660 bits per heavy atom. The van der Waals surface area contributed by atoms with E-state index in [2.05, 4.69) is 141 Å². The van der Waals surface area contributed by atoms with Crippen molar-refractivity contribution in [3.8, 4) is 28.6 Å². The maximum Gasteiger partial charge on any atom is 0.318 e. The van der Waals surface area contributed by atoms with Gasteiger partial charge in [0.15, 0.2) is 11.2 Å². The summed E-state index contributed by atoms with van der Waals surface area (Å²) in [7, 11) is 0. The second-order valence-electron chi connectivity index (χ2n) is 13.9. The fourth-order valence-corrected chi connectivity index (χ4v) is 9.75. The molecule has 0 amide bonds. The highest BCUT2D eigenvalue weighted by atomic mass is 16.5. The molecule has 10 aromatic rings. The molecule has 0 saturated heterocycles. The van der Waals surface area contributed by atoms with E-state index >= 15 is 0 Å². The van der Waals surface area contributed by atoms with E-state index in [1.807, 2.05) is 12.1 Å². The number of ether oxygens (including phenoxy) is 1. The predicted molar refractivity (Wildman–Crippen MR) is 193 cm³/mol. The average molecular weight is 643 g/mol. The molecule has 5 aromatic carbocycles. The average Bonchev–Trinajstić information content (AvgIpc) is 3.79. The van der Waals surface area contributed by atoms with Crippen LogP contribution in [0.3, 0.4) is 0 Å². The third kappa shape index (κ3) is 2.56. The Kier molecular flexibility index (Phi) is 4.15. The smallest absolute Gasteiger partial charge is 0.318 e. The SMILES string of the molecule is Cc1cccc(C)c1-c1c[n+]2c3c4c5c(ccc4c4nc6ccccc6nc4n13)Oc1ccc3c4ccccc4n4c3c1C52[n+]1ccccc1-4. The van der Waals surface area contributed by atoms with Crippen LogP contribution in [0.1, 0.15) is 22.3 Å². The monoisotopic (exact) mass is 642 g/mol. The van der Waals surface area contributed by atoms with Crippen LogP contribution in [0.4, 0.5) is 0 Å². The van der Waals surface area contributed by atoms with E-state index in [0.29, 0.717) is 0 Å². The van der Waals surface area contributed by atoms with Gasteiger partial charge in [-0.1, -0.05) is 48.5 Å². The second kappa shape index (κ2) is 8.15. The van der Waals surface area contributed by atoms with Crippen LogP contribution in [-0.2, 0) is 5.66 Å². The number of rotatable bonds is 1. The molecule has 50 heavy (non-hydrogen) atoms. The van der Waals surface area contributed by atoms with E-state index in [1.54, 1.807) is 0 Å². The second-order valence-corrected chi connectivity index (χ2v) is 13.9. The highest BCUT2D eigenvalue weighted by molar-refractivity contribution is 6.15. The highest BCUT2D eigenvalue weighted by Crippen LogP contribution is 2.57. The number of nitrogens with zero attached hydrogens (tertiary/aromatic N) is 6. The van der Waals surface area contributed by atoms with Crippen molar-refractivity contribution in [3.63, 3.8) is 0 Å². The van der Waals surface area contributed by atoms with Crippen molar-refractivity contribution in [2.75, 3.05) is 0 Å². The molecule has 0 aliphatic carbocycles. The Balaban J connectivity index is 1.35. The largest absolute Gasteiger partial charge is 0.456 e. The Morgan fingerprint density at radius 3 is 2.26 bits per heavy atom. The minimum absolute atomic E-state index is 0.776. The van der Waals surface area contributed by atoms with Gasteiger partial charge in [-0.05, 0) is 79.6 Å². The molecule has 0 bridgehead atoms. The molecule has 8 heterocycles. The van der Waals surface area contributed by atoms with Crippen molar-refractivity contribution in [1.29, 1.82) is 0 Å². The minimum atomic E-state index is -0.776. The standard InChI is InChI=1S/C43H26N6O/c1-23-10-9-11-24(2)35(23)31-22-47-42-36-27(39-41(49(31)42)45-29-14-5-4-13-28(29)44-39)18-20-32-37(36)43(47)38-33(50-32)19-17-26-25-12-3-6-15-30(25)48(40(26)38)34-16-7-8-21-46(34)43/h3-22H,1-2H3/q+2. The summed E-state index contributed by atoms with van der Waals surface area (Å²) in [6, 6.07) is 38.8. The van der Waals surface area contributed by atoms with E-state index in [9.17, 15) is 0 Å². The zero-order valence-electron chi connectivity index (χ0n) is 27.1. The summed E-state index contributed by atoms with van der Waals surface area (Å²) >= 11 is 0. The lowest BCUT2D eigenvalue weighted by Gasteiger charge is -2.36. The number of pyridine rings is 2. The van der Waals surface area contributed by atoms with Crippen molar-refractivity contribution in [1.82, 2.24) is 18.9 Å². The first-order chi connectivity index (χ1) is 24.6. The molecule has 0 fully saturated rings. The molecule has 5 aromatic heterocycles. The number of aromatic nitrogens is 6. The number of fused-ring (bicyclic) bond motifs is 9. The fraction of sp³-hybridized carbons (Fsp3) is 0.0698. The zero-order chi connectivity index (χ0) is 32.6. The fourth-order valence-electron chi connectivity index (χ4n) is 9.75. The van der Waals surface area contributed by atoms with Crippen LogP contribution in [0.5, 0.6) is 11.5 Å². The number of hydrogen-bond donors (Lipinski definition) is 0. The summed E-state index contributed by atoms with van der Waals surface area (Å²) in [5.41, 5.74) is 13.2. The molecule has 0 N–H and O–H groups in total. The Morgan fingerprint density at radius 2 is 1.40 bits per heavy atom. The number of aryl methyl sites for hydroxylation is 2. The van der Waals surface area contributed by atoms with Crippen LogP contribution in [0.25, 0.3) is 77.5 Å². The zero-order valence-corrected chi connectivity index (χ0v) is 27.1. The van der Waals surface area contributed by atoms with Gasteiger partial charge in [0.1, 0.15) is 39.9 Å². The van der Waals surface area contributed by atoms with E-state index in [4.69, 9.17) is 14.7 Å². The third-order valence-corrected chi connectivity index (χ3v) is 11.6. The van der Waals surface area contributed by atoms with Gasteiger partial charge in [-0.25, -0.2) is 9.97 Å². The number of para-hydroxylation sites is 3. The van der Waals surface area contributed by atoms with Crippen LogP contribution in [-0.4, -0.2) is 18.9 Å². The predicted octanol–water partition coefficient (Wildman–Crippen LogP) is 8.18. The van der Waals surface area contributed by atoms with Gasteiger partial charge in [-0.2, -0.15) is 18.1 Å². The highest BCUT2D eigenvalue weighted by Gasteiger charge is 2.65. The molecular weight excluding hydrogens is 617 g/mol. The Hall–Kier alpha value is -6.60. The first kappa shape index (κ1) is 25.4. The first-order valence-electron chi connectivity index (χ1n) is 17.1. The number of imidazole rings is 1. The molecule has 232 valence electrons. The van der Waals surface area contributed by atoms with Crippen molar-refractivity contribution >= 4 is 60.4 Å². The van der Waals surface area contributed by atoms with Gasteiger partial charge in [-0.15, -0.1) is 0 Å². The lowest BCUT2D eigenvalue weighted by Crippen LogP contribution is -2.75. The summed E-state index contributed by atoms with van der Waals surface area (Å²) < 4.78 is 16.8. The van der Waals surface area contributed by atoms with Crippen LogP contribution in [0.2, 0.25) is 0 Å². The molecule has 1 atom stereocenters. The number of benzene rings is 5. The van der Waals surface area contributed by atoms with Gasteiger partial charge < -0.3 is 4.74 Å². The van der Waals surface area contributed by atoms with E-state index in [1.165, 1.54) is 38.5 Å². The first-order valence-corrected chi connectivity index (χ1v) is 17.1. The Bertz CT molecular complexity index is 3260. The summed E-state index contributed by atoms with van der Waals surface area (Å²) in [5, 5.41) is 4.66. The normalized spacial score (nSPS) is 16.4. The third-order valence-electron chi connectivity index (χ3n) is 11.6. The summed E-state index contributed by atoms with van der Waals surface area (Å²) in [6.45, 7) is 4.42. The summed E-state index contributed by atoms with van der Waals surface area (Å²) in [6.07, 6.45) is 4.62. The molecule has 7 heteroatoms. The minimum Gasteiger partial charge on any atom is -0.456 e. The maximum absolute atomic E-state index is 6.99. The molecule has 13 rings (SSSR count). The molecule has 1 unspecified atom stereocenters. The van der Waals surface area contributed by atoms with Gasteiger partial charge in [0.25, 0.3) is 11.5 Å². The lowest BCUT2D eigenvalue weighted by molar-refractivity contribution is -0.956. The molecule has 3 aliphatic heterocycles. The quantitative estimate of drug-likeness (QED) is 0.103. The topological polar surface area (TPSA) is 52.1 Å². The lowest BCUT2D eigenvalue weighted by atomic mass is 9.83. The van der Waals surface area contributed by atoms with Gasteiger partial charge in [-0.3, -0.25) is 0 Å². The van der Waals surface area contributed by atoms with Crippen LogP contribution in [0, 0.1) is 13.8 Å². The summed E-state index contributed by atoms with van der Waals surface area (Å²) in [4.78, 5) is 10.8. The maximum atomic E-state index is 6.99. The van der Waals surface area contributed by atoms with E-state index in [-0.39, 0.29) is 0 Å². The van der Waals surface area contributed by atoms with E-state index in [0.717, 1.165) is 72.8 Å². The van der Waals surface area contributed by atoms with Gasteiger partial charge >= 0.3 is 11.3 Å². The molecular formula is C43H26N6O+2. The molecule has 3 aliphatic rings. The van der Waals surface area contributed by atoms with Crippen LogP contribution >= 0.6 is 0 Å². The van der Waals surface area contributed by atoms with E-state index < -0.39 is 5.66 Å². The van der Waals surface area contributed by atoms with Crippen molar-refractivity contribution in [2.45, 2.75) is 19.5 Å². The molecule has 0 saturated carbocycles. The van der Waals surface area contributed by atoms with Gasteiger partial charge in [0.2, 0.25) is 0 Å². The van der Waals surface area contributed by atoms with Gasteiger partial charge in [0, 0.05) is 27.8 Å². The summed E-state index contributed by atoms with van der Waals surface area (Å²) in [5.74, 6) is 2.84. The van der Waals surface area contributed by atoms with Crippen molar-refractivity contribution in [2.24, 2.45) is 0 Å². The van der Waals surface area contributed by atoms with Crippen LogP contribution in [0.15, 0.2) is 122 Å².